The van der Waals surface area contributed by atoms with E-state index < -0.39 is 0 Å². The van der Waals surface area contributed by atoms with Crippen LogP contribution in [0.5, 0.6) is 0 Å². The highest BCUT2D eigenvalue weighted by molar-refractivity contribution is 4.98. The van der Waals surface area contributed by atoms with Crippen molar-refractivity contribution in [2.24, 2.45) is 0 Å². The molecular formula is C11H18N6. The van der Waals surface area contributed by atoms with Crippen LogP contribution in [0.25, 0.3) is 0 Å². The van der Waals surface area contributed by atoms with Gasteiger partial charge < -0.3 is 9.88 Å². The summed E-state index contributed by atoms with van der Waals surface area (Å²) in [6, 6.07) is 0.327. The van der Waals surface area contributed by atoms with Crippen molar-refractivity contribution in [3.63, 3.8) is 0 Å². The smallest absolute Gasteiger partial charge is 0.147 e. The lowest BCUT2D eigenvalue weighted by Crippen LogP contribution is -2.11. The standard InChI is InChI=1S/C11H18N6/c1-9(2)17-11(13-7-15-17)6-16-5-10(4-12-3)14-8-16/h5,7-9,12H,4,6H2,1-3H3. The summed E-state index contributed by atoms with van der Waals surface area (Å²) in [5.41, 5.74) is 1.03. The lowest BCUT2D eigenvalue weighted by atomic mass is 10.4. The Morgan fingerprint density at radius 2 is 2.18 bits per heavy atom. The molecule has 0 spiro atoms. The van der Waals surface area contributed by atoms with Gasteiger partial charge in [0.1, 0.15) is 12.2 Å². The Kier molecular flexibility index (Phi) is 3.53. The molecule has 0 aliphatic carbocycles. The fraction of sp³-hybridized carbons (Fsp3) is 0.545. The average Bonchev–Trinajstić information content (AvgIpc) is 2.89. The van der Waals surface area contributed by atoms with Gasteiger partial charge in [-0.05, 0) is 20.9 Å². The molecule has 2 aromatic rings. The van der Waals surface area contributed by atoms with Gasteiger partial charge in [-0.3, -0.25) is 0 Å². The number of hydrogen-bond donors (Lipinski definition) is 1. The van der Waals surface area contributed by atoms with E-state index in [0.717, 1.165) is 18.1 Å². The molecule has 6 nitrogen and oxygen atoms in total. The van der Waals surface area contributed by atoms with Crippen LogP contribution in [0.15, 0.2) is 18.9 Å². The van der Waals surface area contributed by atoms with Gasteiger partial charge in [-0.15, -0.1) is 0 Å². The van der Waals surface area contributed by atoms with E-state index in [1.807, 2.05) is 28.8 Å². The van der Waals surface area contributed by atoms with Crippen LogP contribution in [-0.4, -0.2) is 31.4 Å². The Morgan fingerprint density at radius 3 is 2.88 bits per heavy atom. The van der Waals surface area contributed by atoms with Crippen molar-refractivity contribution in [3.8, 4) is 0 Å². The molecule has 0 bridgehead atoms. The van der Waals surface area contributed by atoms with Gasteiger partial charge in [0.2, 0.25) is 0 Å². The van der Waals surface area contributed by atoms with Crippen LogP contribution in [0, 0.1) is 0 Å². The zero-order valence-corrected chi connectivity index (χ0v) is 10.5. The molecule has 17 heavy (non-hydrogen) atoms. The molecule has 0 radical (unpaired) electrons. The quantitative estimate of drug-likeness (QED) is 0.832. The van der Waals surface area contributed by atoms with E-state index in [1.165, 1.54) is 0 Å². The van der Waals surface area contributed by atoms with E-state index in [-0.39, 0.29) is 0 Å². The Balaban J connectivity index is 2.11. The average molecular weight is 234 g/mol. The normalized spacial score (nSPS) is 11.3. The molecule has 0 aliphatic heterocycles. The topological polar surface area (TPSA) is 60.6 Å². The maximum absolute atomic E-state index is 4.30. The third-order valence-electron chi connectivity index (χ3n) is 2.51. The van der Waals surface area contributed by atoms with Crippen molar-refractivity contribution >= 4 is 0 Å². The van der Waals surface area contributed by atoms with E-state index in [2.05, 4.69) is 34.2 Å². The summed E-state index contributed by atoms with van der Waals surface area (Å²) in [6.07, 6.45) is 5.45. The second-order valence-electron chi connectivity index (χ2n) is 4.28. The first-order chi connectivity index (χ1) is 8.20. The molecule has 6 heteroatoms. The van der Waals surface area contributed by atoms with Crippen LogP contribution in [0.4, 0.5) is 0 Å². The summed E-state index contributed by atoms with van der Waals surface area (Å²) in [7, 11) is 1.91. The summed E-state index contributed by atoms with van der Waals surface area (Å²) in [5, 5.41) is 7.29. The summed E-state index contributed by atoms with van der Waals surface area (Å²) < 4.78 is 3.95. The van der Waals surface area contributed by atoms with Crippen molar-refractivity contribution in [2.45, 2.75) is 33.0 Å². The fourth-order valence-corrected chi connectivity index (χ4v) is 1.75. The molecule has 0 amide bonds. The minimum atomic E-state index is 0.327. The lowest BCUT2D eigenvalue weighted by Gasteiger charge is -2.09. The van der Waals surface area contributed by atoms with Crippen molar-refractivity contribution in [1.29, 1.82) is 0 Å². The van der Waals surface area contributed by atoms with Crippen LogP contribution < -0.4 is 5.32 Å². The molecule has 0 saturated heterocycles. The van der Waals surface area contributed by atoms with Gasteiger partial charge in [-0.2, -0.15) is 5.10 Å². The van der Waals surface area contributed by atoms with E-state index in [1.54, 1.807) is 6.33 Å². The van der Waals surface area contributed by atoms with E-state index in [4.69, 9.17) is 0 Å². The van der Waals surface area contributed by atoms with E-state index in [9.17, 15) is 0 Å². The Labute approximate surface area is 101 Å². The summed E-state index contributed by atoms with van der Waals surface area (Å²) >= 11 is 0. The zero-order chi connectivity index (χ0) is 12.3. The van der Waals surface area contributed by atoms with Gasteiger partial charge >= 0.3 is 0 Å². The Bertz CT molecular complexity index is 470. The van der Waals surface area contributed by atoms with Crippen LogP contribution in [0.1, 0.15) is 31.4 Å². The number of nitrogens with zero attached hydrogens (tertiary/aromatic N) is 5. The zero-order valence-electron chi connectivity index (χ0n) is 10.5. The van der Waals surface area contributed by atoms with Gasteiger partial charge in [0, 0.05) is 18.8 Å². The number of rotatable bonds is 5. The molecule has 0 atom stereocenters. The van der Waals surface area contributed by atoms with Crippen LogP contribution in [0.3, 0.4) is 0 Å². The van der Waals surface area contributed by atoms with E-state index >= 15 is 0 Å². The number of hydrogen-bond acceptors (Lipinski definition) is 4. The van der Waals surface area contributed by atoms with Gasteiger partial charge in [0.15, 0.2) is 0 Å². The minimum Gasteiger partial charge on any atom is -0.330 e. The fourth-order valence-electron chi connectivity index (χ4n) is 1.75. The highest BCUT2D eigenvalue weighted by Crippen LogP contribution is 2.07. The maximum atomic E-state index is 4.30. The van der Waals surface area contributed by atoms with Crippen molar-refractivity contribution < 1.29 is 0 Å². The summed E-state index contributed by atoms with van der Waals surface area (Å²) in [6.45, 7) is 5.68. The van der Waals surface area contributed by atoms with Crippen LogP contribution >= 0.6 is 0 Å². The largest absolute Gasteiger partial charge is 0.330 e. The second kappa shape index (κ2) is 5.09. The molecule has 0 unspecified atom stereocenters. The first kappa shape index (κ1) is 11.8. The van der Waals surface area contributed by atoms with E-state index in [0.29, 0.717) is 12.6 Å². The van der Waals surface area contributed by atoms with Gasteiger partial charge in [-0.1, -0.05) is 0 Å². The lowest BCUT2D eigenvalue weighted by molar-refractivity contribution is 0.496. The third-order valence-corrected chi connectivity index (χ3v) is 2.51. The van der Waals surface area contributed by atoms with Crippen molar-refractivity contribution in [1.82, 2.24) is 29.6 Å². The molecule has 2 heterocycles. The Morgan fingerprint density at radius 1 is 1.35 bits per heavy atom. The molecule has 92 valence electrons. The first-order valence-corrected chi connectivity index (χ1v) is 5.74. The van der Waals surface area contributed by atoms with Crippen molar-refractivity contribution in [3.05, 3.63) is 30.4 Å². The SMILES string of the molecule is CNCc1cn(Cc2ncnn2C(C)C)cn1. The number of imidazole rings is 1. The molecule has 0 aromatic carbocycles. The molecule has 0 fully saturated rings. The molecule has 1 N–H and O–H groups in total. The summed E-state index contributed by atoms with van der Waals surface area (Å²) in [5.74, 6) is 0.952. The third kappa shape index (κ3) is 2.71. The van der Waals surface area contributed by atoms with Crippen LogP contribution in [-0.2, 0) is 13.1 Å². The van der Waals surface area contributed by atoms with Crippen LogP contribution in [0.2, 0.25) is 0 Å². The minimum absolute atomic E-state index is 0.327. The van der Waals surface area contributed by atoms with Gasteiger partial charge in [0.05, 0.1) is 18.6 Å². The van der Waals surface area contributed by atoms with Gasteiger partial charge in [-0.25, -0.2) is 14.6 Å². The highest BCUT2D eigenvalue weighted by Gasteiger charge is 2.08. The monoisotopic (exact) mass is 234 g/mol. The predicted octanol–water partition coefficient (Wildman–Crippen LogP) is 0.823. The summed E-state index contributed by atoms with van der Waals surface area (Å²) in [4.78, 5) is 8.58. The first-order valence-electron chi connectivity index (χ1n) is 5.74. The highest BCUT2D eigenvalue weighted by atomic mass is 15.4. The molecule has 2 rings (SSSR count). The predicted molar refractivity (Wildman–Crippen MR) is 64.5 cm³/mol. The van der Waals surface area contributed by atoms with Gasteiger partial charge in [0.25, 0.3) is 0 Å². The maximum Gasteiger partial charge on any atom is 0.147 e. The molecular weight excluding hydrogens is 216 g/mol. The second-order valence-corrected chi connectivity index (χ2v) is 4.28. The molecule has 2 aromatic heterocycles. The number of aromatic nitrogens is 5. The van der Waals surface area contributed by atoms with Crippen molar-refractivity contribution in [2.75, 3.05) is 7.05 Å². The molecule has 0 saturated carbocycles. The molecule has 0 aliphatic rings. The Hall–Kier alpha value is -1.69. The number of nitrogens with one attached hydrogen (secondary N) is 1.